The van der Waals surface area contributed by atoms with Gasteiger partial charge in [0.15, 0.2) is 0 Å². The van der Waals surface area contributed by atoms with E-state index in [0.29, 0.717) is 0 Å². The Morgan fingerprint density at radius 1 is 1.29 bits per heavy atom. The van der Waals surface area contributed by atoms with Gasteiger partial charge in [-0.05, 0) is 31.7 Å². The van der Waals surface area contributed by atoms with Gasteiger partial charge in [-0.2, -0.15) is 0 Å². The van der Waals surface area contributed by atoms with Crippen molar-refractivity contribution in [1.82, 2.24) is 0 Å². The Labute approximate surface area is 86.1 Å². The van der Waals surface area contributed by atoms with Crippen molar-refractivity contribution in [3.8, 4) is 0 Å². The van der Waals surface area contributed by atoms with Crippen LogP contribution in [-0.4, -0.2) is 11.2 Å². The van der Waals surface area contributed by atoms with Gasteiger partial charge in [0.1, 0.15) is 0 Å². The molecule has 1 nitrogen and oxygen atoms in total. The van der Waals surface area contributed by atoms with Crippen LogP contribution in [0, 0.1) is 0 Å². The molecule has 0 aliphatic rings. The van der Waals surface area contributed by atoms with Crippen LogP contribution in [0.25, 0.3) is 0 Å². The van der Waals surface area contributed by atoms with E-state index in [1.165, 1.54) is 5.56 Å². The Hall–Kier alpha value is -1.08. The zero-order valence-corrected chi connectivity index (χ0v) is 8.69. The van der Waals surface area contributed by atoms with E-state index in [4.69, 9.17) is 0 Å². The molecule has 14 heavy (non-hydrogen) atoms. The summed E-state index contributed by atoms with van der Waals surface area (Å²) in [4.78, 5) is 0. The van der Waals surface area contributed by atoms with E-state index in [2.05, 4.69) is 12.1 Å². The number of allylic oxidation sites excluding steroid dienone is 1. The van der Waals surface area contributed by atoms with Gasteiger partial charge in [-0.1, -0.05) is 42.5 Å². The van der Waals surface area contributed by atoms with Crippen molar-refractivity contribution < 1.29 is 5.11 Å². The zero-order chi connectivity index (χ0) is 10.2. The molecule has 0 aliphatic carbocycles. The van der Waals surface area contributed by atoms with Gasteiger partial charge in [-0.3, -0.25) is 0 Å². The maximum absolute atomic E-state index is 9.59. The van der Waals surface area contributed by atoms with Crippen LogP contribution >= 0.6 is 0 Å². The van der Waals surface area contributed by atoms with Crippen molar-refractivity contribution in [3.05, 3.63) is 48.0 Å². The molecule has 1 N–H and O–H groups in total. The molecular weight excluding hydrogens is 172 g/mol. The minimum atomic E-state index is -0.202. The highest BCUT2D eigenvalue weighted by Gasteiger charge is 2.01. The fourth-order valence-corrected chi connectivity index (χ4v) is 1.39. The van der Waals surface area contributed by atoms with Gasteiger partial charge in [0.05, 0.1) is 6.10 Å². The maximum Gasteiger partial charge on any atom is 0.0577 e. The molecule has 1 rings (SSSR count). The quantitative estimate of drug-likeness (QED) is 0.708. The predicted octanol–water partition coefficient (Wildman–Crippen LogP) is 2.95. The lowest BCUT2D eigenvalue weighted by Gasteiger charge is -2.07. The van der Waals surface area contributed by atoms with Gasteiger partial charge in [0.2, 0.25) is 0 Å². The Morgan fingerprint density at radius 3 is 2.64 bits per heavy atom. The zero-order valence-electron chi connectivity index (χ0n) is 8.69. The van der Waals surface area contributed by atoms with Crippen LogP contribution in [0.1, 0.15) is 25.3 Å². The number of rotatable bonds is 5. The third-order valence-corrected chi connectivity index (χ3v) is 2.25. The molecule has 1 atom stereocenters. The van der Waals surface area contributed by atoms with Crippen molar-refractivity contribution in [2.24, 2.45) is 0 Å². The molecule has 0 radical (unpaired) electrons. The van der Waals surface area contributed by atoms with Crippen molar-refractivity contribution in [2.45, 2.75) is 32.3 Å². The second-order valence-electron chi connectivity index (χ2n) is 3.48. The Bertz CT molecular complexity index is 264. The van der Waals surface area contributed by atoms with E-state index in [9.17, 15) is 5.11 Å². The Kier molecular flexibility index (Phi) is 5.02. The van der Waals surface area contributed by atoms with Gasteiger partial charge >= 0.3 is 0 Å². The summed E-state index contributed by atoms with van der Waals surface area (Å²) in [6, 6.07) is 10.3. The normalized spacial score (nSPS) is 13.3. The molecule has 1 heteroatoms. The number of hydrogen-bond acceptors (Lipinski definition) is 1. The fourth-order valence-electron chi connectivity index (χ4n) is 1.39. The van der Waals surface area contributed by atoms with Crippen LogP contribution in [0.5, 0.6) is 0 Å². The molecule has 1 aromatic rings. The first-order chi connectivity index (χ1) is 6.83. The maximum atomic E-state index is 9.59. The number of benzene rings is 1. The molecule has 0 fully saturated rings. The molecule has 0 aliphatic heterocycles. The molecule has 0 saturated carbocycles. The highest BCUT2D eigenvalue weighted by atomic mass is 16.3. The van der Waals surface area contributed by atoms with E-state index in [1.807, 2.05) is 37.3 Å². The van der Waals surface area contributed by atoms with Crippen LogP contribution < -0.4 is 0 Å². The number of aliphatic hydroxyl groups excluding tert-OH is 1. The van der Waals surface area contributed by atoms with Gasteiger partial charge in [-0.15, -0.1) is 0 Å². The summed E-state index contributed by atoms with van der Waals surface area (Å²) in [6.45, 7) is 1.98. The lowest BCUT2D eigenvalue weighted by Crippen LogP contribution is -2.06. The molecule has 76 valence electrons. The highest BCUT2D eigenvalue weighted by Crippen LogP contribution is 2.07. The van der Waals surface area contributed by atoms with Crippen LogP contribution in [0.2, 0.25) is 0 Å². The summed E-state index contributed by atoms with van der Waals surface area (Å²) in [5.41, 5.74) is 1.30. The third-order valence-electron chi connectivity index (χ3n) is 2.25. The fraction of sp³-hybridized carbons (Fsp3) is 0.385. The Morgan fingerprint density at radius 2 is 2.00 bits per heavy atom. The standard InChI is InChI=1S/C13H18O/c1-2-3-9-13(14)11-10-12-7-5-4-6-8-12/h2-8,13-14H,9-11H2,1H3/b3-2+/t13-/m1/s1. The van der Waals surface area contributed by atoms with Gasteiger partial charge in [0.25, 0.3) is 0 Å². The highest BCUT2D eigenvalue weighted by molar-refractivity contribution is 5.14. The molecular formula is C13H18O. The lowest BCUT2D eigenvalue weighted by atomic mass is 10.1. The van der Waals surface area contributed by atoms with E-state index in [0.717, 1.165) is 19.3 Å². The van der Waals surface area contributed by atoms with Gasteiger partial charge in [-0.25, -0.2) is 0 Å². The number of hydrogen-bond donors (Lipinski definition) is 1. The molecule has 0 amide bonds. The summed E-state index contributed by atoms with van der Waals surface area (Å²) < 4.78 is 0. The SMILES string of the molecule is C/C=C/C[C@@H](O)CCc1ccccc1. The summed E-state index contributed by atoms with van der Waals surface area (Å²) in [5, 5.41) is 9.59. The average Bonchev–Trinajstić information content (AvgIpc) is 2.25. The monoisotopic (exact) mass is 190 g/mol. The second-order valence-corrected chi connectivity index (χ2v) is 3.48. The smallest absolute Gasteiger partial charge is 0.0577 e. The van der Waals surface area contributed by atoms with Crippen molar-refractivity contribution >= 4 is 0 Å². The first kappa shape index (κ1) is 11.0. The van der Waals surface area contributed by atoms with E-state index in [1.54, 1.807) is 0 Å². The molecule has 1 aromatic carbocycles. The first-order valence-electron chi connectivity index (χ1n) is 5.16. The Balaban J connectivity index is 2.27. The average molecular weight is 190 g/mol. The summed E-state index contributed by atoms with van der Waals surface area (Å²) in [6.07, 6.45) is 6.35. The summed E-state index contributed by atoms with van der Waals surface area (Å²) in [7, 11) is 0. The van der Waals surface area contributed by atoms with E-state index < -0.39 is 0 Å². The van der Waals surface area contributed by atoms with Crippen LogP contribution in [0.4, 0.5) is 0 Å². The third kappa shape index (κ3) is 4.24. The molecule has 0 heterocycles. The molecule has 0 spiro atoms. The minimum Gasteiger partial charge on any atom is -0.393 e. The first-order valence-corrected chi connectivity index (χ1v) is 5.16. The largest absolute Gasteiger partial charge is 0.393 e. The van der Waals surface area contributed by atoms with Gasteiger partial charge in [0, 0.05) is 0 Å². The predicted molar refractivity (Wildman–Crippen MR) is 60.2 cm³/mol. The minimum absolute atomic E-state index is 0.202. The molecule has 0 unspecified atom stereocenters. The molecule has 0 saturated heterocycles. The topological polar surface area (TPSA) is 20.2 Å². The number of aryl methyl sites for hydroxylation is 1. The van der Waals surface area contributed by atoms with E-state index >= 15 is 0 Å². The lowest BCUT2D eigenvalue weighted by molar-refractivity contribution is 0.168. The van der Waals surface area contributed by atoms with E-state index in [-0.39, 0.29) is 6.10 Å². The second kappa shape index (κ2) is 6.39. The summed E-state index contributed by atoms with van der Waals surface area (Å²) in [5.74, 6) is 0. The molecule has 0 aromatic heterocycles. The van der Waals surface area contributed by atoms with Crippen LogP contribution in [0.3, 0.4) is 0 Å². The van der Waals surface area contributed by atoms with Crippen LogP contribution in [-0.2, 0) is 6.42 Å². The van der Waals surface area contributed by atoms with Crippen molar-refractivity contribution in [2.75, 3.05) is 0 Å². The van der Waals surface area contributed by atoms with Gasteiger partial charge < -0.3 is 5.11 Å². The van der Waals surface area contributed by atoms with Crippen LogP contribution in [0.15, 0.2) is 42.5 Å². The number of aliphatic hydroxyl groups is 1. The molecule has 0 bridgehead atoms. The van der Waals surface area contributed by atoms with Crippen molar-refractivity contribution in [1.29, 1.82) is 0 Å². The van der Waals surface area contributed by atoms with Crippen molar-refractivity contribution in [3.63, 3.8) is 0 Å². The summed E-state index contributed by atoms with van der Waals surface area (Å²) >= 11 is 0.